The summed E-state index contributed by atoms with van der Waals surface area (Å²) in [6.45, 7) is 6.16. The summed E-state index contributed by atoms with van der Waals surface area (Å²) < 4.78 is 19.3. The second-order valence-electron chi connectivity index (χ2n) is 8.36. The molecule has 178 valence electrons. The van der Waals surface area contributed by atoms with E-state index in [0.29, 0.717) is 18.7 Å². The number of aryl methyl sites for hydroxylation is 2. The van der Waals surface area contributed by atoms with E-state index in [-0.39, 0.29) is 30.8 Å². The maximum Gasteiger partial charge on any atom is 0.261 e. The molecule has 1 atom stereocenters. The topological polar surface area (TPSA) is 58.6 Å². The summed E-state index contributed by atoms with van der Waals surface area (Å²) in [7, 11) is 0. The Labute approximate surface area is 200 Å². The summed E-state index contributed by atoms with van der Waals surface area (Å²) in [5.41, 5.74) is 3.74. The Balaban J connectivity index is 1.89. The molecule has 0 radical (unpaired) electrons. The molecule has 0 heterocycles. The summed E-state index contributed by atoms with van der Waals surface area (Å²) in [6.07, 6.45) is 0.350. The predicted octanol–water partition coefficient (Wildman–Crippen LogP) is 4.60. The molecule has 3 rings (SSSR count). The first-order chi connectivity index (χ1) is 16.4. The number of carbonyl (C=O) groups is 2. The number of hydrogen-bond acceptors (Lipinski definition) is 3. The Kier molecular flexibility index (Phi) is 8.79. The molecule has 0 aliphatic rings. The number of halogens is 1. The van der Waals surface area contributed by atoms with Crippen LogP contribution in [-0.4, -0.2) is 35.9 Å². The van der Waals surface area contributed by atoms with Crippen LogP contribution in [-0.2, 0) is 22.6 Å². The second kappa shape index (κ2) is 12.0. The van der Waals surface area contributed by atoms with E-state index in [9.17, 15) is 14.0 Å². The van der Waals surface area contributed by atoms with Crippen molar-refractivity contribution >= 4 is 11.8 Å². The van der Waals surface area contributed by atoms with Crippen molar-refractivity contribution in [3.05, 3.63) is 101 Å². The summed E-state index contributed by atoms with van der Waals surface area (Å²) in [6, 6.07) is 20.5. The number of benzene rings is 3. The van der Waals surface area contributed by atoms with Gasteiger partial charge in [0.25, 0.3) is 5.91 Å². The number of rotatable bonds is 10. The van der Waals surface area contributed by atoms with Gasteiger partial charge in [-0.05, 0) is 67.3 Å². The number of hydrogen-bond donors (Lipinski definition) is 1. The third-order valence-electron chi connectivity index (χ3n) is 5.45. The molecule has 0 aromatic heterocycles. The Bertz CT molecular complexity index is 1080. The van der Waals surface area contributed by atoms with Gasteiger partial charge in [-0.1, -0.05) is 48.5 Å². The molecule has 3 aromatic rings. The van der Waals surface area contributed by atoms with E-state index in [1.807, 2.05) is 69.3 Å². The van der Waals surface area contributed by atoms with Gasteiger partial charge in [0, 0.05) is 19.5 Å². The van der Waals surface area contributed by atoms with Crippen molar-refractivity contribution in [2.75, 3.05) is 13.2 Å². The molecule has 0 aliphatic heterocycles. The molecule has 0 saturated carbocycles. The third-order valence-corrected chi connectivity index (χ3v) is 5.45. The first kappa shape index (κ1) is 25.0. The van der Waals surface area contributed by atoms with Gasteiger partial charge in [0.1, 0.15) is 17.6 Å². The molecule has 5 nitrogen and oxygen atoms in total. The number of carbonyl (C=O) groups excluding carboxylic acids is 2. The van der Waals surface area contributed by atoms with Gasteiger partial charge in [-0.3, -0.25) is 9.59 Å². The van der Waals surface area contributed by atoms with Crippen molar-refractivity contribution in [2.24, 2.45) is 0 Å². The van der Waals surface area contributed by atoms with E-state index in [4.69, 9.17) is 4.74 Å². The van der Waals surface area contributed by atoms with Gasteiger partial charge >= 0.3 is 0 Å². The summed E-state index contributed by atoms with van der Waals surface area (Å²) in [4.78, 5) is 28.1. The molecular formula is C28H31FN2O3. The van der Waals surface area contributed by atoms with E-state index in [1.165, 1.54) is 17.0 Å². The lowest BCUT2D eigenvalue weighted by atomic mass is 10.0. The highest BCUT2D eigenvalue weighted by atomic mass is 19.1. The zero-order valence-electron chi connectivity index (χ0n) is 19.9. The molecule has 0 aliphatic carbocycles. The minimum Gasteiger partial charge on any atom is -0.484 e. The zero-order valence-corrected chi connectivity index (χ0v) is 19.9. The quantitative estimate of drug-likeness (QED) is 0.479. The fourth-order valence-corrected chi connectivity index (χ4v) is 3.88. The van der Waals surface area contributed by atoms with Crippen LogP contribution in [0.2, 0.25) is 0 Å². The minimum atomic E-state index is -0.747. The van der Waals surface area contributed by atoms with Gasteiger partial charge in [0.2, 0.25) is 5.91 Å². The van der Waals surface area contributed by atoms with Crippen molar-refractivity contribution in [2.45, 2.75) is 39.8 Å². The van der Waals surface area contributed by atoms with Crippen LogP contribution in [0.1, 0.15) is 29.2 Å². The smallest absolute Gasteiger partial charge is 0.261 e. The first-order valence-corrected chi connectivity index (χ1v) is 11.4. The van der Waals surface area contributed by atoms with E-state index >= 15 is 0 Å². The molecular weight excluding hydrogens is 431 g/mol. The molecule has 0 fully saturated rings. The van der Waals surface area contributed by atoms with Gasteiger partial charge in [0.05, 0.1) is 0 Å². The predicted molar refractivity (Wildman–Crippen MR) is 131 cm³/mol. The fourth-order valence-electron chi connectivity index (χ4n) is 3.88. The van der Waals surface area contributed by atoms with Gasteiger partial charge in [0.15, 0.2) is 6.61 Å². The third kappa shape index (κ3) is 7.17. The maximum atomic E-state index is 13.5. The summed E-state index contributed by atoms with van der Waals surface area (Å²) in [5, 5.41) is 2.85. The Morgan fingerprint density at radius 2 is 1.59 bits per heavy atom. The molecule has 0 saturated heterocycles. The molecule has 1 unspecified atom stereocenters. The van der Waals surface area contributed by atoms with Crippen molar-refractivity contribution in [1.29, 1.82) is 0 Å². The van der Waals surface area contributed by atoms with Crippen molar-refractivity contribution < 1.29 is 18.7 Å². The lowest BCUT2D eigenvalue weighted by molar-refractivity contribution is -0.142. The number of nitrogens with one attached hydrogen (secondary N) is 1. The van der Waals surface area contributed by atoms with Crippen molar-refractivity contribution in [3.8, 4) is 5.75 Å². The highest BCUT2D eigenvalue weighted by molar-refractivity contribution is 5.88. The number of likely N-dealkylation sites (N-methyl/N-ethyl adjacent to an activating group) is 1. The van der Waals surface area contributed by atoms with E-state index < -0.39 is 6.04 Å². The zero-order chi connectivity index (χ0) is 24.5. The molecule has 3 aromatic carbocycles. The SMILES string of the molecule is CCNC(=O)C(Cc1ccccc1)N(Cc1ccc(F)cc1)C(=O)COc1cc(C)cc(C)c1. The fraction of sp³-hybridized carbons (Fsp3) is 0.286. The Morgan fingerprint density at radius 3 is 2.21 bits per heavy atom. The van der Waals surface area contributed by atoms with E-state index in [2.05, 4.69) is 5.32 Å². The molecule has 6 heteroatoms. The summed E-state index contributed by atoms with van der Waals surface area (Å²) >= 11 is 0. The first-order valence-electron chi connectivity index (χ1n) is 11.4. The minimum absolute atomic E-state index is 0.157. The molecule has 1 N–H and O–H groups in total. The average molecular weight is 463 g/mol. The monoisotopic (exact) mass is 462 g/mol. The van der Waals surface area contributed by atoms with Gasteiger partial charge < -0.3 is 15.0 Å². The maximum absolute atomic E-state index is 13.5. The van der Waals surface area contributed by atoms with Crippen LogP contribution >= 0.6 is 0 Å². The molecule has 0 spiro atoms. The van der Waals surface area contributed by atoms with Crippen LogP contribution in [0.25, 0.3) is 0 Å². The average Bonchev–Trinajstić information content (AvgIpc) is 2.81. The normalized spacial score (nSPS) is 11.5. The number of ether oxygens (including phenoxy) is 1. The lowest BCUT2D eigenvalue weighted by Gasteiger charge is -2.31. The van der Waals surface area contributed by atoms with Gasteiger partial charge in [-0.25, -0.2) is 4.39 Å². The van der Waals surface area contributed by atoms with Crippen LogP contribution < -0.4 is 10.1 Å². The van der Waals surface area contributed by atoms with Crippen molar-refractivity contribution in [3.63, 3.8) is 0 Å². The highest BCUT2D eigenvalue weighted by Gasteiger charge is 2.30. The van der Waals surface area contributed by atoms with E-state index in [0.717, 1.165) is 22.3 Å². The highest BCUT2D eigenvalue weighted by Crippen LogP contribution is 2.18. The number of nitrogens with zero attached hydrogens (tertiary/aromatic N) is 1. The van der Waals surface area contributed by atoms with Crippen LogP contribution in [0, 0.1) is 19.7 Å². The van der Waals surface area contributed by atoms with E-state index in [1.54, 1.807) is 12.1 Å². The largest absolute Gasteiger partial charge is 0.484 e. The second-order valence-corrected chi connectivity index (χ2v) is 8.36. The van der Waals surface area contributed by atoms with Gasteiger partial charge in [-0.15, -0.1) is 0 Å². The van der Waals surface area contributed by atoms with Crippen LogP contribution in [0.4, 0.5) is 4.39 Å². The summed E-state index contributed by atoms with van der Waals surface area (Å²) in [5.74, 6) is -0.321. The molecule has 0 bridgehead atoms. The Hall–Kier alpha value is -3.67. The van der Waals surface area contributed by atoms with Gasteiger partial charge in [-0.2, -0.15) is 0 Å². The van der Waals surface area contributed by atoms with Crippen LogP contribution in [0.15, 0.2) is 72.8 Å². The lowest BCUT2D eigenvalue weighted by Crippen LogP contribution is -2.51. The molecule has 34 heavy (non-hydrogen) atoms. The van der Waals surface area contributed by atoms with Crippen LogP contribution in [0.5, 0.6) is 5.75 Å². The van der Waals surface area contributed by atoms with Crippen LogP contribution in [0.3, 0.4) is 0 Å². The standard InChI is InChI=1S/C28H31FN2O3/c1-4-30-28(33)26(17-22-8-6-5-7-9-22)31(18-23-10-12-24(29)13-11-23)27(32)19-34-25-15-20(2)14-21(3)16-25/h5-16,26H,4,17-19H2,1-3H3,(H,30,33). The molecule has 2 amide bonds. The number of amides is 2. The van der Waals surface area contributed by atoms with Crippen molar-refractivity contribution in [1.82, 2.24) is 10.2 Å². The Morgan fingerprint density at radius 1 is 0.941 bits per heavy atom.